The van der Waals surface area contributed by atoms with E-state index < -0.39 is 0 Å². The Morgan fingerprint density at radius 2 is 2.00 bits per heavy atom. The van der Waals surface area contributed by atoms with E-state index in [0.29, 0.717) is 5.69 Å². The van der Waals surface area contributed by atoms with Crippen molar-refractivity contribution in [3.8, 4) is 0 Å². The van der Waals surface area contributed by atoms with Crippen molar-refractivity contribution in [3.05, 3.63) is 35.0 Å². The van der Waals surface area contributed by atoms with E-state index in [9.17, 15) is 5.21 Å². The van der Waals surface area contributed by atoms with Gasteiger partial charge in [-0.2, -0.15) is 0 Å². The quantitative estimate of drug-likeness (QED) is 0.383. The van der Waals surface area contributed by atoms with E-state index in [4.69, 9.17) is 5.21 Å². The van der Waals surface area contributed by atoms with Gasteiger partial charge in [-0.05, 0) is 11.8 Å². The molecule has 0 aromatic heterocycles. The Labute approximate surface area is 70.1 Å². The van der Waals surface area contributed by atoms with Crippen LogP contribution in [0.4, 0.5) is 5.69 Å². The maximum atomic E-state index is 10.7. The lowest BCUT2D eigenvalue weighted by Crippen LogP contribution is -1.92. The Kier molecular flexibility index (Phi) is 3.72. The Morgan fingerprint density at radius 3 is 2.50 bits per heavy atom. The van der Waals surface area contributed by atoms with Crippen molar-refractivity contribution in [2.75, 3.05) is 0 Å². The maximum absolute atomic E-state index is 10.7. The third kappa shape index (κ3) is 1.93. The SMILES string of the molecule is Cc1ccccc1/[N+]([O-])=N\O.N. The summed E-state index contributed by atoms with van der Waals surface area (Å²) < 4.78 is 0. The van der Waals surface area contributed by atoms with E-state index in [1.807, 2.05) is 6.07 Å². The molecule has 0 bridgehead atoms. The van der Waals surface area contributed by atoms with Crippen LogP contribution >= 0.6 is 0 Å². The lowest BCUT2D eigenvalue weighted by molar-refractivity contribution is -0.474. The van der Waals surface area contributed by atoms with Gasteiger partial charge in [0.1, 0.15) is 0 Å². The largest absolute Gasteiger partial charge is 0.592 e. The second kappa shape index (κ2) is 4.30. The molecule has 0 fully saturated rings. The number of rotatable bonds is 1. The zero-order valence-electron chi connectivity index (χ0n) is 6.77. The van der Waals surface area contributed by atoms with E-state index in [1.165, 1.54) is 0 Å². The highest BCUT2D eigenvalue weighted by atomic mass is 16.6. The van der Waals surface area contributed by atoms with E-state index in [-0.39, 0.29) is 11.0 Å². The first-order valence-corrected chi connectivity index (χ1v) is 3.13. The highest BCUT2D eigenvalue weighted by molar-refractivity contribution is 5.38. The van der Waals surface area contributed by atoms with Crippen LogP contribution in [-0.2, 0) is 0 Å². The molecule has 1 aromatic rings. The summed E-state index contributed by atoms with van der Waals surface area (Å²) in [4.78, 5) is 0.176. The smallest absolute Gasteiger partial charge is 0.251 e. The highest BCUT2D eigenvalue weighted by Gasteiger charge is 2.05. The average molecular weight is 169 g/mol. The molecule has 1 aromatic carbocycles. The van der Waals surface area contributed by atoms with Crippen molar-refractivity contribution in [2.45, 2.75) is 6.92 Å². The van der Waals surface area contributed by atoms with Gasteiger partial charge >= 0.3 is 0 Å². The van der Waals surface area contributed by atoms with Crippen molar-refractivity contribution in [1.29, 1.82) is 0 Å². The van der Waals surface area contributed by atoms with Crippen LogP contribution in [0.5, 0.6) is 0 Å². The zero-order valence-corrected chi connectivity index (χ0v) is 6.77. The van der Waals surface area contributed by atoms with Crippen LogP contribution in [0.25, 0.3) is 0 Å². The van der Waals surface area contributed by atoms with Gasteiger partial charge in [0.05, 0.1) is 0 Å². The van der Waals surface area contributed by atoms with E-state index >= 15 is 0 Å². The van der Waals surface area contributed by atoms with Crippen LogP contribution in [0.1, 0.15) is 5.56 Å². The monoisotopic (exact) mass is 169 g/mol. The van der Waals surface area contributed by atoms with Crippen LogP contribution in [0.3, 0.4) is 0 Å². The molecule has 4 N–H and O–H groups in total. The van der Waals surface area contributed by atoms with Crippen LogP contribution in [0.15, 0.2) is 29.5 Å². The van der Waals surface area contributed by atoms with Gasteiger partial charge in [-0.1, -0.05) is 18.2 Å². The zero-order chi connectivity index (χ0) is 8.27. The number of nitrogens with zero attached hydrogens (tertiary/aromatic N) is 2. The van der Waals surface area contributed by atoms with Gasteiger partial charge in [-0.25, -0.2) is 0 Å². The molecule has 0 heterocycles. The van der Waals surface area contributed by atoms with Gasteiger partial charge in [0, 0.05) is 11.6 Å². The average Bonchev–Trinajstić information content (AvgIpc) is 2.04. The minimum atomic E-state index is 0. The summed E-state index contributed by atoms with van der Waals surface area (Å²) in [6.07, 6.45) is 0. The Bertz CT molecular complexity index is 286. The second-order valence-corrected chi connectivity index (χ2v) is 2.15. The predicted octanol–water partition coefficient (Wildman–Crippen LogP) is 2.14. The molecule has 0 radical (unpaired) electrons. The summed E-state index contributed by atoms with van der Waals surface area (Å²) in [5.74, 6) is 0. The fourth-order valence-electron chi connectivity index (χ4n) is 0.826. The summed E-state index contributed by atoms with van der Waals surface area (Å²) in [7, 11) is 0. The van der Waals surface area contributed by atoms with Crippen molar-refractivity contribution < 1.29 is 10.1 Å². The van der Waals surface area contributed by atoms with Crippen molar-refractivity contribution in [3.63, 3.8) is 0 Å². The number of hydrogen-bond acceptors (Lipinski definition) is 3. The third-order valence-corrected chi connectivity index (χ3v) is 1.40. The molecule has 0 spiro atoms. The molecule has 5 heteroatoms. The molecule has 0 unspecified atom stereocenters. The molecule has 0 aliphatic rings. The molecule has 12 heavy (non-hydrogen) atoms. The van der Waals surface area contributed by atoms with Gasteiger partial charge in [0.15, 0.2) is 0 Å². The first kappa shape index (κ1) is 10.4. The lowest BCUT2D eigenvalue weighted by atomic mass is 10.2. The Balaban J connectivity index is 0.00000121. The van der Waals surface area contributed by atoms with Gasteiger partial charge in [0.25, 0.3) is 5.69 Å². The fourth-order valence-corrected chi connectivity index (χ4v) is 0.826. The molecule has 0 saturated carbocycles. The molecule has 0 amide bonds. The first-order valence-electron chi connectivity index (χ1n) is 3.13. The van der Waals surface area contributed by atoms with Gasteiger partial charge in [-0.15, -0.1) is 0 Å². The van der Waals surface area contributed by atoms with Crippen molar-refractivity contribution >= 4 is 5.69 Å². The van der Waals surface area contributed by atoms with Crippen molar-refractivity contribution in [1.82, 2.24) is 6.15 Å². The predicted molar refractivity (Wildman–Crippen MR) is 43.7 cm³/mol. The molecule has 0 saturated heterocycles. The van der Waals surface area contributed by atoms with Crippen LogP contribution in [-0.4, -0.2) is 10.1 Å². The topological polar surface area (TPSA) is 93.7 Å². The normalized spacial score (nSPS) is 10.6. The molecule has 0 aliphatic carbocycles. The molecule has 0 aliphatic heterocycles. The van der Waals surface area contributed by atoms with Crippen molar-refractivity contribution in [2.24, 2.45) is 5.28 Å². The van der Waals surface area contributed by atoms with E-state index in [1.54, 1.807) is 25.1 Å². The molecule has 0 atom stereocenters. The number of benzene rings is 1. The molecular formula is C7H11N3O2. The number of para-hydroxylation sites is 1. The summed E-state index contributed by atoms with van der Waals surface area (Å²) in [5.41, 5.74) is 1.13. The number of aryl methyl sites for hydroxylation is 1. The molecule has 66 valence electrons. The summed E-state index contributed by atoms with van der Waals surface area (Å²) in [6, 6.07) is 6.87. The van der Waals surface area contributed by atoms with Gasteiger partial charge in [-0.3, -0.25) is 0 Å². The second-order valence-electron chi connectivity index (χ2n) is 2.15. The number of hydrogen-bond donors (Lipinski definition) is 2. The van der Waals surface area contributed by atoms with E-state index in [2.05, 4.69) is 5.28 Å². The minimum absolute atomic E-state index is 0. The minimum Gasteiger partial charge on any atom is -0.592 e. The highest BCUT2D eigenvalue weighted by Crippen LogP contribution is 2.15. The van der Waals surface area contributed by atoms with Crippen LogP contribution in [0.2, 0.25) is 0 Å². The molecule has 1 rings (SSSR count). The van der Waals surface area contributed by atoms with Crippen LogP contribution < -0.4 is 6.15 Å². The summed E-state index contributed by atoms with van der Waals surface area (Å²) in [5, 5.41) is 21.4. The molecule has 5 nitrogen and oxygen atoms in total. The maximum Gasteiger partial charge on any atom is 0.251 e. The van der Waals surface area contributed by atoms with E-state index in [0.717, 1.165) is 5.56 Å². The summed E-state index contributed by atoms with van der Waals surface area (Å²) >= 11 is 0. The Hall–Kier alpha value is -1.62. The van der Waals surface area contributed by atoms with Crippen LogP contribution in [0, 0.1) is 12.1 Å². The third-order valence-electron chi connectivity index (χ3n) is 1.40. The van der Waals surface area contributed by atoms with Gasteiger partial charge < -0.3 is 16.6 Å². The van der Waals surface area contributed by atoms with Gasteiger partial charge in [0.2, 0.25) is 5.28 Å². The summed E-state index contributed by atoms with van der Waals surface area (Å²) in [6.45, 7) is 1.77. The standard InChI is InChI=1S/C7H8N2O2.H3N/c1-6-4-2-3-5-7(6)9(11)8-10;/h2-5,10H,1H3;1H3/b9-8+;. The Morgan fingerprint density at radius 1 is 1.42 bits per heavy atom. The molecular weight excluding hydrogens is 158 g/mol. The lowest BCUT2D eigenvalue weighted by Gasteiger charge is -1.98. The first-order chi connectivity index (χ1) is 5.25. The fraction of sp³-hybridized carbons (Fsp3) is 0.143.